The first-order valence-electron chi connectivity index (χ1n) is 6.93. The van der Waals surface area contributed by atoms with E-state index in [9.17, 15) is 0 Å². The molecule has 1 atom stereocenters. The van der Waals surface area contributed by atoms with Crippen LogP contribution in [0.1, 0.15) is 24.9 Å². The van der Waals surface area contributed by atoms with E-state index in [-0.39, 0.29) is 30.0 Å². The van der Waals surface area contributed by atoms with Crippen LogP contribution in [0.25, 0.3) is 0 Å². The van der Waals surface area contributed by atoms with Crippen LogP contribution in [0.3, 0.4) is 0 Å². The third-order valence-corrected chi connectivity index (χ3v) is 3.11. The SMILES string of the molecule is CCCNC(N)=NCC(c1ccccc1OC)N(C)C.I. The number of rotatable bonds is 7. The van der Waals surface area contributed by atoms with Crippen LogP contribution in [-0.4, -0.2) is 45.2 Å². The lowest BCUT2D eigenvalue weighted by Crippen LogP contribution is -2.33. The maximum absolute atomic E-state index is 5.85. The van der Waals surface area contributed by atoms with Gasteiger partial charge in [0, 0.05) is 12.1 Å². The second-order valence-electron chi connectivity index (χ2n) is 4.87. The summed E-state index contributed by atoms with van der Waals surface area (Å²) in [5.41, 5.74) is 6.96. The number of halogens is 1. The molecule has 0 aliphatic carbocycles. The molecular formula is C15H27IN4O. The van der Waals surface area contributed by atoms with E-state index < -0.39 is 0 Å². The van der Waals surface area contributed by atoms with Crippen LogP contribution in [-0.2, 0) is 0 Å². The van der Waals surface area contributed by atoms with Gasteiger partial charge in [0.15, 0.2) is 5.96 Å². The molecule has 0 saturated carbocycles. The van der Waals surface area contributed by atoms with Crippen molar-refractivity contribution in [2.24, 2.45) is 10.7 Å². The smallest absolute Gasteiger partial charge is 0.188 e. The number of nitrogens with two attached hydrogens (primary N) is 1. The van der Waals surface area contributed by atoms with Gasteiger partial charge in [0.2, 0.25) is 0 Å². The van der Waals surface area contributed by atoms with E-state index in [1.807, 2.05) is 32.3 Å². The van der Waals surface area contributed by atoms with Crippen molar-refractivity contribution in [3.8, 4) is 5.75 Å². The Morgan fingerprint density at radius 1 is 1.38 bits per heavy atom. The van der Waals surface area contributed by atoms with Crippen molar-refractivity contribution in [2.45, 2.75) is 19.4 Å². The molecule has 0 spiro atoms. The second-order valence-corrected chi connectivity index (χ2v) is 4.87. The molecule has 21 heavy (non-hydrogen) atoms. The molecule has 0 heterocycles. The Morgan fingerprint density at radius 3 is 2.62 bits per heavy atom. The largest absolute Gasteiger partial charge is 0.496 e. The highest BCUT2D eigenvalue weighted by Crippen LogP contribution is 2.27. The third-order valence-electron chi connectivity index (χ3n) is 3.11. The number of para-hydroxylation sites is 1. The first kappa shape index (κ1) is 20.0. The molecule has 1 rings (SSSR count). The minimum absolute atomic E-state index is 0. The van der Waals surface area contributed by atoms with E-state index >= 15 is 0 Å². The molecule has 6 heteroatoms. The number of hydrogen-bond acceptors (Lipinski definition) is 3. The monoisotopic (exact) mass is 406 g/mol. The lowest BCUT2D eigenvalue weighted by molar-refractivity contribution is 0.295. The number of nitrogens with one attached hydrogen (secondary N) is 1. The number of hydrogen-bond donors (Lipinski definition) is 2. The topological polar surface area (TPSA) is 62.9 Å². The second kappa shape index (κ2) is 10.7. The summed E-state index contributed by atoms with van der Waals surface area (Å²) in [7, 11) is 5.75. The highest BCUT2D eigenvalue weighted by molar-refractivity contribution is 14.0. The van der Waals surface area contributed by atoms with Gasteiger partial charge in [-0.3, -0.25) is 4.99 Å². The average Bonchev–Trinajstić information content (AvgIpc) is 2.45. The predicted molar refractivity (Wildman–Crippen MR) is 99.6 cm³/mol. The molecule has 0 fully saturated rings. The minimum Gasteiger partial charge on any atom is -0.496 e. The predicted octanol–water partition coefficient (Wildman–Crippen LogP) is 2.23. The molecule has 0 aliphatic rings. The normalized spacial score (nSPS) is 12.7. The summed E-state index contributed by atoms with van der Waals surface area (Å²) in [6.45, 7) is 3.53. The van der Waals surface area contributed by atoms with Gasteiger partial charge in [0.25, 0.3) is 0 Å². The number of methoxy groups -OCH3 is 1. The van der Waals surface area contributed by atoms with E-state index in [2.05, 4.69) is 28.2 Å². The molecule has 120 valence electrons. The number of likely N-dealkylation sites (N-methyl/N-ethyl adjacent to an activating group) is 1. The number of ether oxygens (including phenoxy) is 1. The van der Waals surface area contributed by atoms with Crippen LogP contribution in [0.5, 0.6) is 5.75 Å². The molecule has 3 N–H and O–H groups in total. The summed E-state index contributed by atoms with van der Waals surface area (Å²) in [4.78, 5) is 6.54. The molecule has 1 aromatic carbocycles. The van der Waals surface area contributed by atoms with Crippen LogP contribution >= 0.6 is 24.0 Å². The van der Waals surface area contributed by atoms with Gasteiger partial charge >= 0.3 is 0 Å². The Bertz CT molecular complexity index is 437. The third kappa shape index (κ3) is 6.52. The zero-order valence-corrected chi connectivity index (χ0v) is 15.6. The molecule has 0 amide bonds. The van der Waals surface area contributed by atoms with Crippen LogP contribution in [0.2, 0.25) is 0 Å². The van der Waals surface area contributed by atoms with Crippen molar-refractivity contribution in [3.63, 3.8) is 0 Å². The first-order valence-corrected chi connectivity index (χ1v) is 6.93. The molecular weight excluding hydrogens is 379 g/mol. The molecule has 1 aromatic rings. The highest BCUT2D eigenvalue weighted by Gasteiger charge is 2.17. The lowest BCUT2D eigenvalue weighted by atomic mass is 10.0. The summed E-state index contributed by atoms with van der Waals surface area (Å²) in [6, 6.07) is 8.14. The van der Waals surface area contributed by atoms with Crippen LogP contribution in [0.4, 0.5) is 0 Å². The van der Waals surface area contributed by atoms with Crippen LogP contribution < -0.4 is 15.8 Å². The van der Waals surface area contributed by atoms with E-state index in [1.54, 1.807) is 7.11 Å². The highest BCUT2D eigenvalue weighted by atomic mass is 127. The van der Waals surface area contributed by atoms with Gasteiger partial charge in [-0.25, -0.2) is 0 Å². The summed E-state index contributed by atoms with van der Waals surface area (Å²) < 4.78 is 5.43. The number of benzene rings is 1. The Labute approximate surface area is 145 Å². The number of guanidine groups is 1. The van der Waals surface area contributed by atoms with Crippen LogP contribution in [0.15, 0.2) is 29.3 Å². The fourth-order valence-electron chi connectivity index (χ4n) is 1.98. The van der Waals surface area contributed by atoms with Crippen LogP contribution in [0, 0.1) is 0 Å². The summed E-state index contributed by atoms with van der Waals surface area (Å²) in [6.07, 6.45) is 1.03. The van der Waals surface area contributed by atoms with Crippen molar-refractivity contribution >= 4 is 29.9 Å². The number of nitrogens with zero attached hydrogens (tertiary/aromatic N) is 2. The molecule has 5 nitrogen and oxygen atoms in total. The first-order chi connectivity index (χ1) is 9.60. The van der Waals surface area contributed by atoms with Gasteiger partial charge in [0.05, 0.1) is 19.7 Å². The summed E-state index contributed by atoms with van der Waals surface area (Å²) in [5.74, 6) is 1.37. The number of aliphatic imine (C=N–C) groups is 1. The Morgan fingerprint density at radius 2 is 2.05 bits per heavy atom. The van der Waals surface area contributed by atoms with Gasteiger partial charge in [-0.15, -0.1) is 24.0 Å². The molecule has 0 aromatic heterocycles. The van der Waals surface area contributed by atoms with Crippen molar-refractivity contribution in [2.75, 3.05) is 34.3 Å². The molecule has 0 bridgehead atoms. The van der Waals surface area contributed by atoms with Gasteiger partial charge in [-0.1, -0.05) is 25.1 Å². The van der Waals surface area contributed by atoms with E-state index in [0.717, 1.165) is 24.3 Å². The fourth-order valence-corrected chi connectivity index (χ4v) is 1.98. The molecule has 0 aliphatic heterocycles. The maximum Gasteiger partial charge on any atom is 0.188 e. The van der Waals surface area contributed by atoms with Gasteiger partial charge < -0.3 is 20.7 Å². The van der Waals surface area contributed by atoms with Crippen molar-refractivity contribution in [1.29, 1.82) is 0 Å². The zero-order chi connectivity index (χ0) is 15.0. The van der Waals surface area contributed by atoms with E-state index in [4.69, 9.17) is 10.5 Å². The van der Waals surface area contributed by atoms with E-state index in [1.165, 1.54) is 0 Å². The van der Waals surface area contributed by atoms with Crippen molar-refractivity contribution in [1.82, 2.24) is 10.2 Å². The standard InChI is InChI=1S/C15H26N4O.HI/c1-5-10-17-15(16)18-11-13(19(2)3)12-8-6-7-9-14(12)20-4;/h6-9,13H,5,10-11H2,1-4H3,(H3,16,17,18);1H. The minimum atomic E-state index is 0. The van der Waals surface area contributed by atoms with Crippen molar-refractivity contribution < 1.29 is 4.74 Å². The molecule has 0 radical (unpaired) electrons. The Hall–Kier alpha value is -1.02. The summed E-state index contributed by atoms with van der Waals surface area (Å²) in [5, 5.41) is 3.08. The zero-order valence-electron chi connectivity index (χ0n) is 13.3. The fraction of sp³-hybridized carbons (Fsp3) is 0.533. The Kier molecular flexibility index (Phi) is 10.2. The summed E-state index contributed by atoms with van der Waals surface area (Å²) >= 11 is 0. The van der Waals surface area contributed by atoms with Gasteiger partial charge in [-0.2, -0.15) is 0 Å². The Balaban J connectivity index is 0.00000400. The van der Waals surface area contributed by atoms with Crippen molar-refractivity contribution in [3.05, 3.63) is 29.8 Å². The quantitative estimate of drug-likeness (QED) is 0.414. The molecule has 1 unspecified atom stereocenters. The van der Waals surface area contributed by atoms with Gasteiger partial charge in [-0.05, 0) is 26.6 Å². The van der Waals surface area contributed by atoms with Gasteiger partial charge in [0.1, 0.15) is 5.75 Å². The average molecular weight is 406 g/mol. The van der Waals surface area contributed by atoms with E-state index in [0.29, 0.717) is 12.5 Å². The maximum atomic E-state index is 5.85. The lowest BCUT2D eigenvalue weighted by Gasteiger charge is -2.25. The molecule has 0 saturated heterocycles.